The first-order chi connectivity index (χ1) is 16.0. The average molecular weight is 445 g/mol. The number of esters is 1. The molecule has 166 valence electrons. The molecule has 33 heavy (non-hydrogen) atoms. The number of rotatable bonds is 6. The summed E-state index contributed by atoms with van der Waals surface area (Å²) in [4.78, 5) is 34.1. The van der Waals surface area contributed by atoms with E-state index in [0.29, 0.717) is 23.0 Å². The van der Waals surface area contributed by atoms with Crippen molar-refractivity contribution in [2.45, 2.75) is 6.42 Å². The van der Waals surface area contributed by atoms with Gasteiger partial charge in [-0.1, -0.05) is 12.1 Å². The van der Waals surface area contributed by atoms with Crippen LogP contribution in [0.25, 0.3) is 10.9 Å². The zero-order valence-corrected chi connectivity index (χ0v) is 18.0. The Bertz CT molecular complexity index is 1330. The minimum atomic E-state index is -0.652. The van der Waals surface area contributed by atoms with Crippen molar-refractivity contribution in [2.75, 3.05) is 19.5 Å². The van der Waals surface area contributed by atoms with Crippen molar-refractivity contribution in [2.24, 2.45) is 0 Å². The highest BCUT2D eigenvalue weighted by atomic mass is 19.1. The summed E-state index contributed by atoms with van der Waals surface area (Å²) in [6, 6.07) is 12.8. The van der Waals surface area contributed by atoms with Crippen LogP contribution in [0.4, 0.5) is 10.1 Å². The summed E-state index contributed by atoms with van der Waals surface area (Å²) >= 11 is 0. The van der Waals surface area contributed by atoms with Gasteiger partial charge >= 0.3 is 5.97 Å². The summed E-state index contributed by atoms with van der Waals surface area (Å²) in [6.45, 7) is 0. The number of aromatic nitrogens is 2. The third-order valence-electron chi connectivity index (χ3n) is 5.08. The molecule has 7 nitrogen and oxygen atoms in total. The molecular weight excluding hydrogens is 425 g/mol. The number of halogens is 1. The highest BCUT2D eigenvalue weighted by molar-refractivity contribution is 6.16. The first kappa shape index (κ1) is 21.9. The Morgan fingerprint density at radius 2 is 1.79 bits per heavy atom. The van der Waals surface area contributed by atoms with E-state index in [1.807, 2.05) is 6.07 Å². The van der Waals surface area contributed by atoms with Gasteiger partial charge in [-0.2, -0.15) is 0 Å². The van der Waals surface area contributed by atoms with Crippen LogP contribution in [0.1, 0.15) is 31.8 Å². The quantitative estimate of drug-likeness (QED) is 0.442. The van der Waals surface area contributed by atoms with Gasteiger partial charge in [0.1, 0.15) is 16.9 Å². The van der Waals surface area contributed by atoms with Crippen molar-refractivity contribution in [1.82, 2.24) is 9.97 Å². The SMILES string of the molecule is COC(=O)c1cc(C(=O)Nc2cccnc2)c2cc(Cc3ccc(F)cc3)cnc2c1OC. The number of ether oxygens (including phenoxy) is 2. The van der Waals surface area contributed by atoms with Crippen LogP contribution in [-0.2, 0) is 11.2 Å². The van der Waals surface area contributed by atoms with Crippen LogP contribution in [0.15, 0.2) is 67.1 Å². The number of amides is 1. The van der Waals surface area contributed by atoms with Crippen molar-refractivity contribution < 1.29 is 23.5 Å². The Balaban J connectivity index is 1.84. The summed E-state index contributed by atoms with van der Waals surface area (Å²) < 4.78 is 23.6. The lowest BCUT2D eigenvalue weighted by Gasteiger charge is -2.15. The van der Waals surface area contributed by atoms with Gasteiger partial charge in [0, 0.05) is 17.8 Å². The van der Waals surface area contributed by atoms with Crippen molar-refractivity contribution in [3.05, 3.63) is 95.2 Å². The van der Waals surface area contributed by atoms with Gasteiger partial charge in [0.25, 0.3) is 5.91 Å². The fraction of sp³-hybridized carbons (Fsp3) is 0.120. The van der Waals surface area contributed by atoms with Gasteiger partial charge in [-0.15, -0.1) is 0 Å². The van der Waals surface area contributed by atoms with Gasteiger partial charge < -0.3 is 14.8 Å². The highest BCUT2D eigenvalue weighted by Gasteiger charge is 2.23. The van der Waals surface area contributed by atoms with E-state index >= 15 is 0 Å². The van der Waals surface area contributed by atoms with E-state index < -0.39 is 11.9 Å². The number of nitrogens with one attached hydrogen (secondary N) is 1. The second kappa shape index (κ2) is 9.44. The van der Waals surface area contributed by atoms with E-state index in [9.17, 15) is 14.0 Å². The number of nitrogens with zero attached hydrogens (tertiary/aromatic N) is 2. The molecule has 1 amide bonds. The topological polar surface area (TPSA) is 90.4 Å². The summed E-state index contributed by atoms with van der Waals surface area (Å²) in [5, 5.41) is 3.28. The molecule has 2 aromatic carbocycles. The second-order valence-corrected chi connectivity index (χ2v) is 7.24. The first-order valence-corrected chi connectivity index (χ1v) is 10.0. The number of methoxy groups -OCH3 is 2. The third-order valence-corrected chi connectivity index (χ3v) is 5.08. The molecule has 0 radical (unpaired) electrons. The van der Waals surface area contributed by atoms with Crippen LogP contribution in [-0.4, -0.2) is 36.1 Å². The molecule has 2 aromatic heterocycles. The van der Waals surface area contributed by atoms with E-state index in [0.717, 1.165) is 11.1 Å². The lowest BCUT2D eigenvalue weighted by atomic mass is 9.98. The fourth-order valence-corrected chi connectivity index (χ4v) is 3.54. The van der Waals surface area contributed by atoms with Crippen LogP contribution in [0.2, 0.25) is 0 Å². The van der Waals surface area contributed by atoms with Gasteiger partial charge in [0.2, 0.25) is 0 Å². The number of carbonyl (C=O) groups excluding carboxylic acids is 2. The molecule has 0 aliphatic carbocycles. The predicted octanol–water partition coefficient (Wildman–Crippen LogP) is 4.41. The van der Waals surface area contributed by atoms with E-state index in [-0.39, 0.29) is 22.7 Å². The lowest BCUT2D eigenvalue weighted by molar-refractivity contribution is 0.0597. The molecule has 0 saturated heterocycles. The Morgan fingerprint density at radius 3 is 2.45 bits per heavy atom. The normalized spacial score (nSPS) is 10.6. The molecule has 0 aliphatic rings. The van der Waals surface area contributed by atoms with Crippen LogP contribution < -0.4 is 10.1 Å². The van der Waals surface area contributed by atoms with E-state index in [1.165, 1.54) is 38.6 Å². The molecule has 4 aromatic rings. The summed E-state index contributed by atoms with van der Waals surface area (Å²) in [6.07, 6.45) is 5.23. The standard InChI is InChI=1S/C25H20FN3O4/c1-32-23-21(25(31)33-2)12-20(24(30)29-18-4-3-9-27-14-18)19-11-16(13-28-22(19)23)10-15-5-7-17(26)8-6-15/h3-9,11-14H,10H2,1-2H3,(H,29,30). The maximum Gasteiger partial charge on any atom is 0.341 e. The van der Waals surface area contributed by atoms with Crippen molar-refractivity contribution in [3.8, 4) is 5.75 Å². The molecule has 1 N–H and O–H groups in total. The van der Waals surface area contributed by atoms with Crippen molar-refractivity contribution in [3.63, 3.8) is 0 Å². The van der Waals surface area contributed by atoms with Crippen molar-refractivity contribution >= 4 is 28.5 Å². The molecule has 8 heteroatoms. The van der Waals surface area contributed by atoms with E-state index in [2.05, 4.69) is 15.3 Å². The summed E-state index contributed by atoms with van der Waals surface area (Å²) in [7, 11) is 2.67. The minimum absolute atomic E-state index is 0.0858. The lowest BCUT2D eigenvalue weighted by Crippen LogP contribution is -2.15. The Hall–Kier alpha value is -4.33. The van der Waals surface area contributed by atoms with Gasteiger partial charge in [-0.05, 0) is 53.9 Å². The number of carbonyl (C=O) groups is 2. The van der Waals surface area contributed by atoms with Gasteiger partial charge in [0.05, 0.1) is 31.7 Å². The molecule has 2 heterocycles. The van der Waals surface area contributed by atoms with Crippen molar-refractivity contribution in [1.29, 1.82) is 0 Å². The Morgan fingerprint density at radius 1 is 1.00 bits per heavy atom. The molecule has 4 rings (SSSR count). The Labute approximate surface area is 189 Å². The number of hydrogen-bond donors (Lipinski definition) is 1. The number of hydrogen-bond acceptors (Lipinski definition) is 6. The largest absolute Gasteiger partial charge is 0.494 e. The number of benzene rings is 2. The molecule has 0 unspecified atom stereocenters. The van der Waals surface area contributed by atoms with Crippen LogP contribution >= 0.6 is 0 Å². The summed E-state index contributed by atoms with van der Waals surface area (Å²) in [5.41, 5.74) is 2.85. The number of fused-ring (bicyclic) bond motifs is 1. The van der Waals surface area contributed by atoms with E-state index in [4.69, 9.17) is 9.47 Å². The highest BCUT2D eigenvalue weighted by Crippen LogP contribution is 2.33. The molecule has 0 saturated carbocycles. The molecule has 0 atom stereocenters. The monoisotopic (exact) mass is 445 g/mol. The third kappa shape index (κ3) is 4.64. The minimum Gasteiger partial charge on any atom is -0.494 e. The second-order valence-electron chi connectivity index (χ2n) is 7.24. The molecular formula is C25H20FN3O4. The molecule has 0 spiro atoms. The van der Waals surface area contributed by atoms with Gasteiger partial charge in [-0.3, -0.25) is 14.8 Å². The van der Waals surface area contributed by atoms with Gasteiger partial charge in [-0.25, -0.2) is 9.18 Å². The van der Waals surface area contributed by atoms with Crippen LogP contribution in [0.5, 0.6) is 5.75 Å². The molecule has 0 fully saturated rings. The van der Waals surface area contributed by atoms with Crippen LogP contribution in [0, 0.1) is 5.82 Å². The number of anilines is 1. The smallest absolute Gasteiger partial charge is 0.341 e. The fourth-order valence-electron chi connectivity index (χ4n) is 3.54. The van der Waals surface area contributed by atoms with Crippen LogP contribution in [0.3, 0.4) is 0 Å². The zero-order chi connectivity index (χ0) is 23.4. The molecule has 0 aliphatic heterocycles. The predicted molar refractivity (Wildman–Crippen MR) is 121 cm³/mol. The average Bonchev–Trinajstić information content (AvgIpc) is 2.84. The maximum atomic E-state index is 13.3. The first-order valence-electron chi connectivity index (χ1n) is 10.0. The number of pyridine rings is 2. The Kier molecular flexibility index (Phi) is 6.26. The van der Waals surface area contributed by atoms with E-state index in [1.54, 1.807) is 36.7 Å². The van der Waals surface area contributed by atoms with Gasteiger partial charge in [0.15, 0.2) is 5.75 Å². The summed E-state index contributed by atoms with van der Waals surface area (Å²) in [5.74, 6) is -1.20. The zero-order valence-electron chi connectivity index (χ0n) is 18.0. The molecule has 0 bridgehead atoms. The maximum absolute atomic E-state index is 13.3.